The second kappa shape index (κ2) is 10.8. The number of likely N-dealkylation sites (N-methyl/N-ethyl adjacent to an activating group) is 1. The van der Waals surface area contributed by atoms with Gasteiger partial charge in [-0.1, -0.05) is 51.1 Å². The molecule has 0 bridgehead atoms. The van der Waals surface area contributed by atoms with Crippen LogP contribution in [0.5, 0.6) is 11.5 Å². The summed E-state index contributed by atoms with van der Waals surface area (Å²) in [7, 11) is 1.61. The molecule has 0 aromatic heterocycles. The van der Waals surface area contributed by atoms with Crippen LogP contribution in [0.15, 0.2) is 48.5 Å². The highest BCUT2D eigenvalue weighted by atomic mass is 16.5. The second-order valence-corrected chi connectivity index (χ2v) is 8.48. The van der Waals surface area contributed by atoms with Gasteiger partial charge in [0.1, 0.15) is 17.5 Å². The quantitative estimate of drug-likeness (QED) is 0.660. The number of benzene rings is 2. The lowest BCUT2D eigenvalue weighted by Gasteiger charge is -2.29. The molecule has 0 radical (unpaired) electrons. The van der Waals surface area contributed by atoms with Crippen molar-refractivity contribution in [3.8, 4) is 11.5 Å². The largest absolute Gasteiger partial charge is 0.497 e. The van der Waals surface area contributed by atoms with Gasteiger partial charge in [0.15, 0.2) is 6.61 Å². The van der Waals surface area contributed by atoms with Crippen LogP contribution >= 0.6 is 0 Å². The minimum atomic E-state index is -0.629. The van der Waals surface area contributed by atoms with Crippen molar-refractivity contribution in [1.82, 2.24) is 10.2 Å². The molecule has 0 aliphatic carbocycles. The molecule has 2 rings (SSSR count). The third-order valence-corrected chi connectivity index (χ3v) is 5.08. The zero-order valence-corrected chi connectivity index (χ0v) is 19.4. The summed E-state index contributed by atoms with van der Waals surface area (Å²) in [6.07, 6.45) is 0. The molecule has 2 aromatic rings. The summed E-state index contributed by atoms with van der Waals surface area (Å²) in [5.41, 5.74) is 1.82. The smallest absolute Gasteiger partial charge is 0.261 e. The second-order valence-electron chi connectivity index (χ2n) is 8.48. The fraction of sp³-hybridized carbons (Fsp3) is 0.440. The summed E-state index contributed by atoms with van der Waals surface area (Å²) in [6, 6.07) is 14.6. The van der Waals surface area contributed by atoms with Crippen LogP contribution in [0.25, 0.3) is 0 Å². The van der Waals surface area contributed by atoms with Gasteiger partial charge in [-0.15, -0.1) is 0 Å². The Hall–Kier alpha value is -3.02. The minimum Gasteiger partial charge on any atom is -0.497 e. The van der Waals surface area contributed by atoms with Crippen molar-refractivity contribution in [3.63, 3.8) is 0 Å². The number of methoxy groups -OCH3 is 1. The van der Waals surface area contributed by atoms with Crippen molar-refractivity contribution in [2.75, 3.05) is 20.3 Å². The highest BCUT2D eigenvalue weighted by molar-refractivity contribution is 5.87. The molecule has 2 amide bonds. The van der Waals surface area contributed by atoms with Crippen LogP contribution in [0.4, 0.5) is 0 Å². The van der Waals surface area contributed by atoms with Crippen LogP contribution in [-0.2, 0) is 21.5 Å². The van der Waals surface area contributed by atoms with Crippen LogP contribution in [-0.4, -0.2) is 43.0 Å². The fourth-order valence-corrected chi connectivity index (χ4v) is 3.27. The first-order valence-electron chi connectivity index (χ1n) is 10.6. The van der Waals surface area contributed by atoms with Crippen LogP contribution in [0.3, 0.4) is 0 Å². The summed E-state index contributed by atoms with van der Waals surface area (Å²) in [6.45, 7) is 10.5. The molecule has 0 aliphatic heterocycles. The van der Waals surface area contributed by atoms with Crippen LogP contribution in [0, 0.1) is 0 Å². The third kappa shape index (κ3) is 6.74. The summed E-state index contributed by atoms with van der Waals surface area (Å²) >= 11 is 0. The number of nitrogens with one attached hydrogen (secondary N) is 1. The van der Waals surface area contributed by atoms with E-state index in [0.29, 0.717) is 18.8 Å². The fourth-order valence-electron chi connectivity index (χ4n) is 3.27. The van der Waals surface area contributed by atoms with Crippen molar-refractivity contribution in [2.24, 2.45) is 0 Å². The predicted octanol–water partition coefficient (Wildman–Crippen LogP) is 3.92. The predicted molar refractivity (Wildman–Crippen MR) is 122 cm³/mol. The topological polar surface area (TPSA) is 67.9 Å². The molecule has 0 heterocycles. The Morgan fingerprint density at radius 1 is 1.06 bits per heavy atom. The molecule has 1 atom stereocenters. The lowest BCUT2D eigenvalue weighted by atomic mass is 9.86. The van der Waals surface area contributed by atoms with Crippen molar-refractivity contribution in [1.29, 1.82) is 0 Å². The highest BCUT2D eigenvalue weighted by Crippen LogP contribution is 2.31. The zero-order chi connectivity index (χ0) is 23.0. The normalized spacial score (nSPS) is 12.1. The van der Waals surface area contributed by atoms with Crippen molar-refractivity contribution in [3.05, 3.63) is 59.7 Å². The maximum Gasteiger partial charge on any atom is 0.261 e. The Bertz CT molecular complexity index is 872. The van der Waals surface area contributed by atoms with E-state index in [1.165, 1.54) is 0 Å². The average molecular weight is 427 g/mol. The van der Waals surface area contributed by atoms with Gasteiger partial charge in [0, 0.05) is 13.1 Å². The zero-order valence-electron chi connectivity index (χ0n) is 19.4. The Balaban J connectivity index is 2.20. The van der Waals surface area contributed by atoms with Crippen molar-refractivity contribution in [2.45, 2.75) is 52.6 Å². The average Bonchev–Trinajstić information content (AvgIpc) is 2.75. The number of ether oxygens (including phenoxy) is 2. The summed E-state index contributed by atoms with van der Waals surface area (Å²) in [5, 5.41) is 2.79. The third-order valence-electron chi connectivity index (χ3n) is 5.08. The SMILES string of the molecule is CCNC(=O)C(C)N(Cc1ccc(OC)cc1)C(=O)COc1ccccc1C(C)(C)C. The van der Waals surface area contributed by atoms with E-state index in [0.717, 1.165) is 16.9 Å². The molecule has 0 spiro atoms. The molecule has 6 nitrogen and oxygen atoms in total. The molecule has 1 unspecified atom stereocenters. The molecule has 0 fully saturated rings. The van der Waals surface area contributed by atoms with Crippen LogP contribution in [0.2, 0.25) is 0 Å². The molecule has 168 valence electrons. The lowest BCUT2D eigenvalue weighted by molar-refractivity contribution is -0.142. The first-order valence-corrected chi connectivity index (χ1v) is 10.6. The lowest BCUT2D eigenvalue weighted by Crippen LogP contribution is -2.49. The molecule has 6 heteroatoms. The van der Waals surface area contributed by atoms with Gasteiger partial charge < -0.3 is 19.7 Å². The number of amides is 2. The highest BCUT2D eigenvalue weighted by Gasteiger charge is 2.27. The van der Waals surface area contributed by atoms with E-state index in [-0.39, 0.29) is 23.8 Å². The first-order chi connectivity index (χ1) is 14.7. The number of hydrogen-bond donors (Lipinski definition) is 1. The maximum atomic E-state index is 13.2. The van der Waals surface area contributed by atoms with E-state index in [2.05, 4.69) is 26.1 Å². The van der Waals surface area contributed by atoms with Gasteiger partial charge in [0.05, 0.1) is 7.11 Å². The Morgan fingerprint density at radius 3 is 2.29 bits per heavy atom. The number of para-hydroxylation sites is 1. The summed E-state index contributed by atoms with van der Waals surface area (Å²) in [5.74, 6) is 0.969. The van der Waals surface area contributed by atoms with Gasteiger partial charge in [-0.2, -0.15) is 0 Å². The van der Waals surface area contributed by atoms with E-state index in [1.807, 2.05) is 55.5 Å². The Kier molecular flexibility index (Phi) is 8.48. The summed E-state index contributed by atoms with van der Waals surface area (Å²) in [4.78, 5) is 27.2. The van der Waals surface area contributed by atoms with Gasteiger partial charge in [-0.3, -0.25) is 9.59 Å². The van der Waals surface area contributed by atoms with Crippen LogP contribution in [0.1, 0.15) is 45.7 Å². The number of carbonyl (C=O) groups is 2. The monoisotopic (exact) mass is 426 g/mol. The molecule has 2 aromatic carbocycles. The summed E-state index contributed by atoms with van der Waals surface area (Å²) < 4.78 is 11.1. The number of rotatable bonds is 9. The molecule has 0 saturated carbocycles. The van der Waals surface area contributed by atoms with E-state index < -0.39 is 6.04 Å². The van der Waals surface area contributed by atoms with Crippen LogP contribution < -0.4 is 14.8 Å². The van der Waals surface area contributed by atoms with Gasteiger partial charge >= 0.3 is 0 Å². The van der Waals surface area contributed by atoms with Crippen molar-refractivity contribution >= 4 is 11.8 Å². The van der Waals surface area contributed by atoms with E-state index in [4.69, 9.17) is 9.47 Å². The molecular weight excluding hydrogens is 392 g/mol. The molecule has 1 N–H and O–H groups in total. The number of nitrogens with zero attached hydrogens (tertiary/aromatic N) is 1. The van der Waals surface area contributed by atoms with Gasteiger partial charge in [-0.25, -0.2) is 0 Å². The van der Waals surface area contributed by atoms with Gasteiger partial charge in [-0.05, 0) is 48.6 Å². The minimum absolute atomic E-state index is 0.114. The van der Waals surface area contributed by atoms with Gasteiger partial charge in [0.2, 0.25) is 5.91 Å². The molecule has 0 aliphatic rings. The van der Waals surface area contributed by atoms with Gasteiger partial charge in [0.25, 0.3) is 5.91 Å². The van der Waals surface area contributed by atoms with E-state index >= 15 is 0 Å². The number of hydrogen-bond acceptors (Lipinski definition) is 4. The number of carbonyl (C=O) groups excluding carboxylic acids is 2. The first kappa shape index (κ1) is 24.3. The van der Waals surface area contributed by atoms with Crippen molar-refractivity contribution < 1.29 is 19.1 Å². The molecule has 31 heavy (non-hydrogen) atoms. The Labute approximate surface area is 185 Å². The standard InChI is InChI=1S/C25H34N2O4/c1-7-26-24(29)18(2)27(16-19-12-14-20(30-6)15-13-19)23(28)17-31-22-11-9-8-10-21(22)25(3,4)5/h8-15,18H,7,16-17H2,1-6H3,(H,26,29). The molecular formula is C25H34N2O4. The maximum absolute atomic E-state index is 13.2. The molecule has 0 saturated heterocycles. The van der Waals surface area contributed by atoms with E-state index in [1.54, 1.807) is 18.9 Å². The Morgan fingerprint density at radius 2 is 1.71 bits per heavy atom. The van der Waals surface area contributed by atoms with E-state index in [9.17, 15) is 9.59 Å².